The highest BCUT2D eigenvalue weighted by Crippen LogP contribution is 2.26. The van der Waals surface area contributed by atoms with Crippen LogP contribution in [0.3, 0.4) is 0 Å². The molecule has 2 nitrogen and oxygen atoms in total. The van der Waals surface area contributed by atoms with E-state index < -0.39 is 0 Å². The van der Waals surface area contributed by atoms with Crippen molar-refractivity contribution in [3.63, 3.8) is 0 Å². The van der Waals surface area contributed by atoms with Gasteiger partial charge in [0.2, 0.25) is 0 Å². The van der Waals surface area contributed by atoms with Crippen molar-refractivity contribution in [1.82, 2.24) is 0 Å². The van der Waals surface area contributed by atoms with Crippen LogP contribution < -0.4 is 5.63 Å². The monoisotopic (exact) mass is 360 g/mol. The van der Waals surface area contributed by atoms with E-state index >= 15 is 0 Å². The Morgan fingerprint density at radius 2 is 1.48 bits per heavy atom. The topological polar surface area (TPSA) is 30.2 Å². The highest BCUT2D eigenvalue weighted by atomic mass is 31.0. The van der Waals surface area contributed by atoms with Gasteiger partial charge in [-0.25, -0.2) is 4.79 Å². The van der Waals surface area contributed by atoms with Gasteiger partial charge in [0.1, 0.15) is 5.58 Å². The van der Waals surface area contributed by atoms with E-state index in [-0.39, 0.29) is 5.63 Å². The van der Waals surface area contributed by atoms with Gasteiger partial charge in [0.15, 0.2) is 0 Å². The van der Waals surface area contributed by atoms with Crippen LogP contribution in [0.5, 0.6) is 0 Å². The maximum Gasteiger partial charge on any atom is 0.344 e. The minimum Gasteiger partial charge on any atom is -0.422 e. The van der Waals surface area contributed by atoms with E-state index in [0.29, 0.717) is 11.1 Å². The molecule has 0 bridgehead atoms. The summed E-state index contributed by atoms with van der Waals surface area (Å²) in [5.41, 5.74) is 5.55. The number of hydrogen-bond donors (Lipinski definition) is 0. The third-order valence-corrected chi connectivity index (χ3v) is 5.35. The lowest BCUT2D eigenvalue weighted by Crippen LogP contribution is -2.03. The predicted molar refractivity (Wildman–Crippen MR) is 108 cm³/mol. The molecular formula is C18H19O2P3. The maximum atomic E-state index is 12.4. The first-order valence-corrected chi connectivity index (χ1v) is 9.90. The first kappa shape index (κ1) is 16.8. The molecule has 0 aliphatic heterocycles. The second-order valence-corrected chi connectivity index (χ2v) is 6.64. The van der Waals surface area contributed by atoms with Gasteiger partial charge in [-0.15, -0.1) is 27.7 Å². The zero-order chi connectivity index (χ0) is 16.4. The molecule has 0 N–H and O–H groups in total. The van der Waals surface area contributed by atoms with Crippen LogP contribution in [-0.4, -0.2) is 0 Å². The first-order chi connectivity index (χ1) is 11.2. The molecule has 1 aromatic heterocycles. The zero-order valence-electron chi connectivity index (χ0n) is 12.7. The molecule has 2 aromatic carbocycles. The van der Waals surface area contributed by atoms with Gasteiger partial charge >= 0.3 is 5.63 Å². The number of hydrogen-bond acceptors (Lipinski definition) is 2. The standard InChI is InChI=1S/C18H19O2P3/c19-18-16(12-3-1-11(8-21)2-4-12)6-13-5-14(9-22)15(10-23)7-17(13)20-18/h1-7H,8-10,21-23H2. The summed E-state index contributed by atoms with van der Waals surface area (Å²) in [5, 5.41) is 0.967. The van der Waals surface area contributed by atoms with Crippen LogP contribution in [0.15, 0.2) is 51.7 Å². The number of rotatable bonds is 4. The van der Waals surface area contributed by atoms with Gasteiger partial charge in [0, 0.05) is 5.39 Å². The molecule has 5 heteroatoms. The van der Waals surface area contributed by atoms with Crippen molar-refractivity contribution < 1.29 is 4.42 Å². The van der Waals surface area contributed by atoms with Crippen molar-refractivity contribution in [2.45, 2.75) is 18.5 Å². The molecule has 0 aliphatic rings. The molecule has 3 unspecified atom stereocenters. The normalized spacial score (nSPS) is 11.1. The molecule has 3 aromatic rings. The number of benzene rings is 2. The van der Waals surface area contributed by atoms with E-state index in [0.717, 1.165) is 29.4 Å². The highest BCUT2D eigenvalue weighted by Gasteiger charge is 2.10. The van der Waals surface area contributed by atoms with Crippen LogP contribution in [-0.2, 0) is 18.5 Å². The summed E-state index contributed by atoms with van der Waals surface area (Å²) in [6, 6.07) is 14.1. The van der Waals surface area contributed by atoms with Crippen LogP contribution in [0.25, 0.3) is 22.1 Å². The molecule has 1 heterocycles. The van der Waals surface area contributed by atoms with Gasteiger partial charge in [0.25, 0.3) is 0 Å². The van der Waals surface area contributed by atoms with Gasteiger partial charge < -0.3 is 4.42 Å². The summed E-state index contributed by atoms with van der Waals surface area (Å²) >= 11 is 0. The fourth-order valence-electron chi connectivity index (χ4n) is 2.66. The van der Waals surface area contributed by atoms with Crippen LogP contribution in [0, 0.1) is 0 Å². The Balaban J connectivity index is 2.17. The number of fused-ring (bicyclic) bond motifs is 1. The SMILES string of the molecule is O=c1oc2cc(CP)c(CP)cc2cc1-c1ccc(CP)cc1. The zero-order valence-corrected chi connectivity index (χ0v) is 16.2. The van der Waals surface area contributed by atoms with E-state index in [1.807, 2.05) is 36.4 Å². The molecule has 0 fully saturated rings. The molecule has 118 valence electrons. The van der Waals surface area contributed by atoms with Crippen LogP contribution >= 0.6 is 27.7 Å². The van der Waals surface area contributed by atoms with Crippen molar-refractivity contribution in [2.75, 3.05) is 0 Å². The van der Waals surface area contributed by atoms with Gasteiger partial charge in [0.05, 0.1) is 5.56 Å². The summed E-state index contributed by atoms with van der Waals surface area (Å²) in [6.07, 6.45) is 2.64. The van der Waals surface area contributed by atoms with E-state index in [1.165, 1.54) is 16.7 Å². The molecule has 23 heavy (non-hydrogen) atoms. The molecule has 0 spiro atoms. The third kappa shape index (κ3) is 3.41. The Bertz CT molecular complexity index is 899. The quantitative estimate of drug-likeness (QED) is 0.503. The largest absolute Gasteiger partial charge is 0.422 e. The molecular weight excluding hydrogens is 341 g/mol. The average Bonchev–Trinajstić information content (AvgIpc) is 2.60. The van der Waals surface area contributed by atoms with Crippen molar-refractivity contribution in [2.24, 2.45) is 0 Å². The van der Waals surface area contributed by atoms with Crippen molar-refractivity contribution in [1.29, 1.82) is 0 Å². The van der Waals surface area contributed by atoms with Gasteiger partial charge in [-0.05, 0) is 58.9 Å². The summed E-state index contributed by atoms with van der Waals surface area (Å²) in [6.45, 7) is 0. The highest BCUT2D eigenvalue weighted by molar-refractivity contribution is 7.16. The van der Waals surface area contributed by atoms with Crippen molar-refractivity contribution in [3.05, 3.63) is 69.6 Å². The third-order valence-electron chi connectivity index (χ3n) is 3.99. The lowest BCUT2D eigenvalue weighted by molar-refractivity contribution is 0.563. The molecule has 0 amide bonds. The van der Waals surface area contributed by atoms with Crippen molar-refractivity contribution >= 4 is 38.7 Å². The molecule has 0 aliphatic carbocycles. The predicted octanol–water partition coefficient (Wildman–Crippen LogP) is 4.59. The summed E-state index contributed by atoms with van der Waals surface area (Å²) < 4.78 is 5.57. The minimum absolute atomic E-state index is 0.288. The van der Waals surface area contributed by atoms with Crippen LogP contribution in [0.1, 0.15) is 16.7 Å². The fraction of sp³-hybridized carbons (Fsp3) is 0.167. The fourth-order valence-corrected chi connectivity index (χ4v) is 3.69. The second-order valence-electron chi connectivity index (χ2n) is 5.42. The lowest BCUT2D eigenvalue weighted by Gasteiger charge is -2.09. The first-order valence-electron chi connectivity index (χ1n) is 7.45. The van der Waals surface area contributed by atoms with Crippen LogP contribution in [0.2, 0.25) is 0 Å². The van der Waals surface area contributed by atoms with E-state index in [2.05, 4.69) is 33.8 Å². The van der Waals surface area contributed by atoms with E-state index in [4.69, 9.17) is 4.42 Å². The molecule has 0 saturated heterocycles. The Kier molecular flexibility index (Phi) is 5.27. The Labute approximate surface area is 142 Å². The van der Waals surface area contributed by atoms with Crippen molar-refractivity contribution in [3.8, 4) is 11.1 Å². The smallest absolute Gasteiger partial charge is 0.344 e. The molecule has 3 atom stereocenters. The molecule has 0 saturated carbocycles. The Morgan fingerprint density at radius 3 is 2.09 bits per heavy atom. The summed E-state index contributed by atoms with van der Waals surface area (Å²) in [5.74, 6) is 0. The van der Waals surface area contributed by atoms with E-state index in [9.17, 15) is 4.79 Å². The van der Waals surface area contributed by atoms with Gasteiger partial charge in [-0.3, -0.25) is 0 Å². The minimum atomic E-state index is -0.288. The molecule has 3 rings (SSSR count). The summed E-state index contributed by atoms with van der Waals surface area (Å²) in [4.78, 5) is 12.4. The Hall–Kier alpha value is -1.06. The summed E-state index contributed by atoms with van der Waals surface area (Å²) in [7, 11) is 8.19. The molecule has 0 radical (unpaired) electrons. The second kappa shape index (κ2) is 7.23. The maximum absolute atomic E-state index is 12.4. The van der Waals surface area contributed by atoms with Crippen LogP contribution in [0.4, 0.5) is 0 Å². The van der Waals surface area contributed by atoms with E-state index in [1.54, 1.807) is 0 Å². The average molecular weight is 360 g/mol. The van der Waals surface area contributed by atoms with Gasteiger partial charge in [-0.1, -0.05) is 24.3 Å². The Morgan fingerprint density at radius 1 is 0.826 bits per heavy atom. The lowest BCUT2D eigenvalue weighted by atomic mass is 10.0. The van der Waals surface area contributed by atoms with Gasteiger partial charge in [-0.2, -0.15) is 0 Å².